The molecule has 1 aromatic carbocycles. The Morgan fingerprint density at radius 3 is 2.95 bits per heavy atom. The number of nitrogens with zero attached hydrogens (tertiary/aromatic N) is 1. The van der Waals surface area contributed by atoms with Gasteiger partial charge in [0.05, 0.1) is 12.6 Å². The van der Waals surface area contributed by atoms with E-state index in [4.69, 9.17) is 16.3 Å². The molecule has 2 rings (SSSR count). The number of aromatic nitrogens is 1. The summed E-state index contributed by atoms with van der Waals surface area (Å²) in [4.78, 5) is 16.4. The Morgan fingerprint density at radius 2 is 2.25 bits per heavy atom. The molecule has 5 heteroatoms. The molecule has 2 aromatic rings. The van der Waals surface area contributed by atoms with Crippen LogP contribution in [0.3, 0.4) is 0 Å². The van der Waals surface area contributed by atoms with E-state index in [1.165, 1.54) is 7.11 Å². The van der Waals surface area contributed by atoms with E-state index >= 15 is 0 Å². The number of hydrogen-bond donors (Lipinski definition) is 1. The topological polar surface area (TPSA) is 51.2 Å². The quantitative estimate of drug-likeness (QED) is 0.860. The predicted octanol–water partition coefficient (Wildman–Crippen LogP) is 3.10. The van der Waals surface area contributed by atoms with Crippen molar-refractivity contribution in [3.63, 3.8) is 0 Å². The number of hydrogen-bond acceptors (Lipinski definition) is 4. The van der Waals surface area contributed by atoms with E-state index in [0.717, 1.165) is 29.4 Å². The van der Waals surface area contributed by atoms with Crippen molar-refractivity contribution in [2.24, 2.45) is 0 Å². The fraction of sp³-hybridized carbons (Fsp3) is 0.333. The van der Waals surface area contributed by atoms with Crippen molar-refractivity contribution in [2.45, 2.75) is 19.4 Å². The van der Waals surface area contributed by atoms with Crippen LogP contribution in [0.4, 0.5) is 0 Å². The second-order valence-corrected chi connectivity index (χ2v) is 4.85. The Morgan fingerprint density at radius 1 is 1.45 bits per heavy atom. The molecule has 0 radical (unpaired) electrons. The number of rotatable bonds is 5. The molecule has 4 nitrogen and oxygen atoms in total. The van der Waals surface area contributed by atoms with Gasteiger partial charge in [0.2, 0.25) is 0 Å². The zero-order chi connectivity index (χ0) is 14.5. The minimum absolute atomic E-state index is 0.326. The van der Waals surface area contributed by atoms with Crippen molar-refractivity contribution in [3.8, 4) is 0 Å². The number of methoxy groups -OCH3 is 1. The third-order valence-electron chi connectivity index (χ3n) is 3.09. The lowest BCUT2D eigenvalue weighted by Crippen LogP contribution is -2.30. The highest BCUT2D eigenvalue weighted by Gasteiger charge is 2.23. The highest BCUT2D eigenvalue weighted by molar-refractivity contribution is 6.35. The normalized spacial score (nSPS) is 12.3. The van der Waals surface area contributed by atoms with E-state index in [-0.39, 0.29) is 5.97 Å². The van der Waals surface area contributed by atoms with Gasteiger partial charge in [-0.25, -0.2) is 4.79 Å². The summed E-state index contributed by atoms with van der Waals surface area (Å²) in [5.41, 5.74) is 1.50. The summed E-state index contributed by atoms with van der Waals surface area (Å²) >= 11 is 6.17. The fourth-order valence-electron chi connectivity index (χ4n) is 2.12. The Labute approximate surface area is 123 Å². The molecule has 0 bridgehead atoms. The first-order valence-corrected chi connectivity index (χ1v) is 6.91. The Bertz CT molecular complexity index is 616. The average molecular weight is 293 g/mol. The summed E-state index contributed by atoms with van der Waals surface area (Å²) in [6.07, 6.45) is 2.61. The molecule has 106 valence electrons. The van der Waals surface area contributed by atoms with Crippen LogP contribution in [0.2, 0.25) is 5.02 Å². The van der Waals surface area contributed by atoms with Crippen LogP contribution < -0.4 is 5.32 Å². The van der Waals surface area contributed by atoms with Crippen LogP contribution >= 0.6 is 11.6 Å². The smallest absolute Gasteiger partial charge is 0.327 e. The highest BCUT2D eigenvalue weighted by Crippen LogP contribution is 2.29. The molecule has 0 fully saturated rings. The summed E-state index contributed by atoms with van der Waals surface area (Å²) in [7, 11) is 1.38. The monoisotopic (exact) mass is 292 g/mol. The van der Waals surface area contributed by atoms with Crippen LogP contribution in [0.25, 0.3) is 10.9 Å². The highest BCUT2D eigenvalue weighted by atomic mass is 35.5. The molecule has 0 aliphatic heterocycles. The lowest BCUT2D eigenvalue weighted by molar-refractivity contribution is -0.143. The van der Waals surface area contributed by atoms with Crippen LogP contribution in [-0.4, -0.2) is 24.6 Å². The first-order chi connectivity index (χ1) is 9.69. The molecule has 1 aromatic heterocycles. The van der Waals surface area contributed by atoms with Crippen molar-refractivity contribution in [2.75, 3.05) is 13.7 Å². The van der Waals surface area contributed by atoms with Crippen molar-refractivity contribution in [3.05, 3.63) is 41.0 Å². The van der Waals surface area contributed by atoms with Crippen molar-refractivity contribution < 1.29 is 9.53 Å². The van der Waals surface area contributed by atoms with E-state index in [1.54, 1.807) is 12.3 Å². The molecular formula is C15H17ClN2O2. The van der Waals surface area contributed by atoms with Gasteiger partial charge >= 0.3 is 5.97 Å². The Hall–Kier alpha value is -1.65. The first-order valence-electron chi connectivity index (χ1n) is 6.53. The van der Waals surface area contributed by atoms with Crippen LogP contribution in [0.5, 0.6) is 0 Å². The summed E-state index contributed by atoms with van der Waals surface area (Å²) < 4.78 is 4.88. The molecule has 0 amide bonds. The Kier molecular flexibility index (Phi) is 4.93. The maximum atomic E-state index is 12.0. The summed E-state index contributed by atoms with van der Waals surface area (Å²) in [6.45, 7) is 2.76. The summed E-state index contributed by atoms with van der Waals surface area (Å²) in [5.74, 6) is -0.326. The number of nitrogens with one attached hydrogen (secondary N) is 1. The molecule has 0 aliphatic rings. The molecule has 20 heavy (non-hydrogen) atoms. The average Bonchev–Trinajstić information content (AvgIpc) is 2.49. The third-order valence-corrected chi connectivity index (χ3v) is 3.42. The molecule has 0 saturated carbocycles. The van der Waals surface area contributed by atoms with Crippen LogP contribution in [0.15, 0.2) is 30.5 Å². The van der Waals surface area contributed by atoms with Gasteiger partial charge in [0.25, 0.3) is 0 Å². The van der Waals surface area contributed by atoms with E-state index < -0.39 is 6.04 Å². The van der Waals surface area contributed by atoms with Gasteiger partial charge in [-0.2, -0.15) is 0 Å². The number of benzene rings is 1. The van der Waals surface area contributed by atoms with Crippen molar-refractivity contribution >= 4 is 28.5 Å². The number of ether oxygens (including phenoxy) is 1. The lowest BCUT2D eigenvalue weighted by atomic mass is 10.0. The van der Waals surface area contributed by atoms with Gasteiger partial charge < -0.3 is 10.1 Å². The zero-order valence-corrected chi connectivity index (χ0v) is 12.3. The number of carbonyl (C=O) groups excluding carboxylic acids is 1. The van der Waals surface area contributed by atoms with E-state index in [9.17, 15) is 4.79 Å². The maximum Gasteiger partial charge on any atom is 0.327 e. The molecule has 1 unspecified atom stereocenters. The first kappa shape index (κ1) is 14.8. The molecular weight excluding hydrogens is 276 g/mol. The summed E-state index contributed by atoms with van der Waals surface area (Å²) in [6, 6.07) is 6.79. The Balaban J connectivity index is 2.53. The van der Waals surface area contributed by atoms with Crippen LogP contribution in [0.1, 0.15) is 24.9 Å². The molecule has 1 heterocycles. The van der Waals surface area contributed by atoms with Gasteiger partial charge in [-0.05, 0) is 31.2 Å². The number of fused-ring (bicyclic) bond motifs is 1. The largest absolute Gasteiger partial charge is 0.468 e. The number of pyridine rings is 1. The maximum absolute atomic E-state index is 12.0. The predicted molar refractivity (Wildman–Crippen MR) is 79.8 cm³/mol. The van der Waals surface area contributed by atoms with Crippen LogP contribution in [0, 0.1) is 0 Å². The fourth-order valence-corrected chi connectivity index (χ4v) is 2.33. The summed E-state index contributed by atoms with van der Waals surface area (Å²) in [5, 5.41) is 4.64. The van der Waals surface area contributed by atoms with Gasteiger partial charge in [0.15, 0.2) is 0 Å². The number of esters is 1. The minimum Gasteiger partial charge on any atom is -0.468 e. The third kappa shape index (κ3) is 2.92. The number of carbonyl (C=O) groups is 1. The minimum atomic E-state index is -0.533. The molecule has 0 saturated heterocycles. The molecule has 1 atom stereocenters. The van der Waals surface area contributed by atoms with E-state index in [2.05, 4.69) is 10.3 Å². The molecule has 1 N–H and O–H groups in total. The molecule has 0 spiro atoms. The van der Waals surface area contributed by atoms with Gasteiger partial charge in [-0.15, -0.1) is 0 Å². The number of halogens is 1. The van der Waals surface area contributed by atoms with Gasteiger partial charge in [0, 0.05) is 22.2 Å². The van der Waals surface area contributed by atoms with E-state index in [0.29, 0.717) is 5.02 Å². The zero-order valence-electron chi connectivity index (χ0n) is 11.5. The second-order valence-electron chi connectivity index (χ2n) is 4.45. The lowest BCUT2D eigenvalue weighted by Gasteiger charge is -2.18. The standard InChI is InChI=1S/C15H17ClN2O2/c1-3-8-17-14(15(19)20-2)11-6-7-12(16)10-5-4-9-18-13(10)11/h4-7,9,14,17H,3,8H2,1-2H3. The van der Waals surface area contributed by atoms with E-state index in [1.807, 2.05) is 25.1 Å². The molecule has 0 aliphatic carbocycles. The second kappa shape index (κ2) is 6.68. The van der Waals surface area contributed by atoms with Gasteiger partial charge in [-0.3, -0.25) is 4.98 Å². The van der Waals surface area contributed by atoms with Gasteiger partial charge in [-0.1, -0.05) is 24.6 Å². The SMILES string of the molecule is CCCNC(C(=O)OC)c1ccc(Cl)c2cccnc12. The van der Waals surface area contributed by atoms with Gasteiger partial charge in [0.1, 0.15) is 6.04 Å². The van der Waals surface area contributed by atoms with Crippen molar-refractivity contribution in [1.82, 2.24) is 10.3 Å². The van der Waals surface area contributed by atoms with Crippen LogP contribution in [-0.2, 0) is 9.53 Å². The van der Waals surface area contributed by atoms with Crippen molar-refractivity contribution in [1.29, 1.82) is 0 Å².